The van der Waals surface area contributed by atoms with Gasteiger partial charge in [0.05, 0.1) is 33.1 Å². The van der Waals surface area contributed by atoms with Gasteiger partial charge in [-0.3, -0.25) is 4.57 Å². The average molecular weight is 525 g/mol. The summed E-state index contributed by atoms with van der Waals surface area (Å²) in [5, 5.41) is 4.98. The van der Waals surface area contributed by atoms with Crippen LogP contribution in [0.5, 0.6) is 0 Å². The van der Waals surface area contributed by atoms with Gasteiger partial charge in [0.25, 0.3) is 0 Å². The van der Waals surface area contributed by atoms with Crippen LogP contribution in [-0.4, -0.2) is 18.7 Å². The van der Waals surface area contributed by atoms with E-state index in [9.17, 15) is 0 Å². The highest BCUT2D eigenvalue weighted by Crippen LogP contribution is 2.39. The number of imidazole rings is 1. The molecule has 9 rings (SSSR count). The zero-order chi connectivity index (χ0) is 26.9. The van der Waals surface area contributed by atoms with Gasteiger partial charge in [-0.1, -0.05) is 72.8 Å². The Hall–Kier alpha value is -5.61. The van der Waals surface area contributed by atoms with E-state index in [2.05, 4.69) is 147 Å². The summed E-state index contributed by atoms with van der Waals surface area (Å²) in [6.45, 7) is 0. The largest absolute Gasteiger partial charge is 0.309 e. The molecular formula is C37H24N4. The number of nitrogens with zero attached hydrogens (tertiary/aromatic N) is 4. The van der Waals surface area contributed by atoms with Crippen LogP contribution in [0.1, 0.15) is 0 Å². The fraction of sp³-hybridized carbons (Fsp3) is 0. The number of hydrogen-bond donors (Lipinski definition) is 0. The summed E-state index contributed by atoms with van der Waals surface area (Å²) in [5.41, 5.74) is 10.2. The van der Waals surface area contributed by atoms with Crippen LogP contribution in [0.2, 0.25) is 0 Å². The molecule has 0 amide bonds. The monoisotopic (exact) mass is 524 g/mol. The summed E-state index contributed by atoms with van der Waals surface area (Å²) in [6, 6.07) is 49.8. The number of rotatable bonds is 3. The van der Waals surface area contributed by atoms with Crippen LogP contribution >= 0.6 is 0 Å². The Kier molecular flexibility index (Phi) is 4.58. The Labute approximate surface area is 235 Å². The van der Waals surface area contributed by atoms with E-state index < -0.39 is 0 Å². The first-order valence-corrected chi connectivity index (χ1v) is 13.9. The van der Waals surface area contributed by atoms with E-state index in [1.165, 1.54) is 49.3 Å². The molecule has 0 aliphatic carbocycles. The molecule has 9 aromatic rings. The van der Waals surface area contributed by atoms with Gasteiger partial charge < -0.3 is 9.13 Å². The van der Waals surface area contributed by atoms with E-state index in [0.717, 1.165) is 22.4 Å². The van der Waals surface area contributed by atoms with Crippen LogP contribution < -0.4 is 0 Å². The van der Waals surface area contributed by atoms with E-state index in [0.29, 0.717) is 0 Å². The van der Waals surface area contributed by atoms with E-state index >= 15 is 0 Å². The first kappa shape index (κ1) is 22.2. The van der Waals surface area contributed by atoms with Crippen molar-refractivity contribution in [1.82, 2.24) is 18.7 Å². The first-order chi connectivity index (χ1) is 20.3. The minimum absolute atomic E-state index is 0.971. The second kappa shape index (κ2) is 8.44. The van der Waals surface area contributed by atoms with Crippen molar-refractivity contribution in [2.24, 2.45) is 0 Å². The predicted molar refractivity (Wildman–Crippen MR) is 170 cm³/mol. The molecule has 0 bridgehead atoms. The summed E-state index contributed by atoms with van der Waals surface area (Å²) in [6.07, 6.45) is 1.91. The number of aromatic nitrogens is 4. The smallest absolute Gasteiger partial charge is 0.100 e. The van der Waals surface area contributed by atoms with Gasteiger partial charge in [-0.15, -0.1) is 0 Å². The lowest BCUT2D eigenvalue weighted by Crippen LogP contribution is -1.95. The highest BCUT2D eigenvalue weighted by molar-refractivity contribution is 6.19. The molecule has 0 radical (unpaired) electrons. The van der Waals surface area contributed by atoms with Crippen LogP contribution in [0.25, 0.3) is 71.7 Å². The molecule has 0 N–H and O–H groups in total. The number of hydrogen-bond acceptors (Lipinski definition) is 1. The lowest BCUT2D eigenvalue weighted by atomic mass is 10.1. The third kappa shape index (κ3) is 3.19. The van der Waals surface area contributed by atoms with Crippen molar-refractivity contribution >= 4 is 54.6 Å². The normalized spacial score (nSPS) is 11.9. The molecule has 4 nitrogen and oxygen atoms in total. The molecule has 41 heavy (non-hydrogen) atoms. The molecule has 3 aromatic heterocycles. The SMILES string of the molecule is c1ccc(-n2cnc3cc(-n4c5ccccc5c5cc6c(cc54)c4ccccc4n6-c4ccccc4)ccc32)cc1. The summed E-state index contributed by atoms with van der Waals surface area (Å²) < 4.78 is 6.92. The Balaban J connectivity index is 1.35. The maximum Gasteiger partial charge on any atom is 0.100 e. The molecule has 192 valence electrons. The second-order valence-corrected chi connectivity index (χ2v) is 10.6. The zero-order valence-electron chi connectivity index (χ0n) is 22.1. The summed E-state index contributed by atoms with van der Waals surface area (Å²) in [5.74, 6) is 0. The van der Waals surface area contributed by atoms with E-state index in [-0.39, 0.29) is 0 Å². The quantitative estimate of drug-likeness (QED) is 0.226. The van der Waals surface area contributed by atoms with Crippen molar-refractivity contribution in [3.05, 3.63) is 146 Å². The molecule has 0 spiro atoms. The van der Waals surface area contributed by atoms with Crippen molar-refractivity contribution in [3.8, 4) is 17.1 Å². The van der Waals surface area contributed by atoms with Crippen LogP contribution in [0.3, 0.4) is 0 Å². The van der Waals surface area contributed by atoms with E-state index in [1.807, 2.05) is 12.4 Å². The minimum atomic E-state index is 0.971. The molecule has 0 aliphatic heterocycles. The fourth-order valence-corrected chi connectivity index (χ4v) is 6.50. The van der Waals surface area contributed by atoms with Crippen LogP contribution in [0.15, 0.2) is 146 Å². The van der Waals surface area contributed by atoms with Crippen molar-refractivity contribution in [3.63, 3.8) is 0 Å². The van der Waals surface area contributed by atoms with Crippen LogP contribution in [-0.2, 0) is 0 Å². The molecule has 0 atom stereocenters. The van der Waals surface area contributed by atoms with Crippen LogP contribution in [0.4, 0.5) is 0 Å². The molecule has 0 saturated heterocycles. The van der Waals surface area contributed by atoms with E-state index in [4.69, 9.17) is 4.98 Å². The molecular weight excluding hydrogens is 500 g/mol. The van der Waals surface area contributed by atoms with Gasteiger partial charge in [-0.25, -0.2) is 4.98 Å². The van der Waals surface area contributed by atoms with Crippen molar-refractivity contribution < 1.29 is 0 Å². The average Bonchev–Trinajstić information content (AvgIpc) is 3.70. The van der Waals surface area contributed by atoms with Gasteiger partial charge in [0.2, 0.25) is 0 Å². The molecule has 6 aromatic carbocycles. The van der Waals surface area contributed by atoms with Crippen molar-refractivity contribution in [1.29, 1.82) is 0 Å². The molecule has 0 aliphatic rings. The lowest BCUT2D eigenvalue weighted by Gasteiger charge is -2.10. The maximum atomic E-state index is 4.80. The maximum absolute atomic E-state index is 4.80. The van der Waals surface area contributed by atoms with Gasteiger partial charge in [0.15, 0.2) is 0 Å². The number of benzene rings is 6. The van der Waals surface area contributed by atoms with Crippen molar-refractivity contribution in [2.75, 3.05) is 0 Å². The predicted octanol–water partition coefficient (Wildman–Crippen LogP) is 9.22. The van der Waals surface area contributed by atoms with Crippen LogP contribution in [0, 0.1) is 0 Å². The number of para-hydroxylation sites is 4. The zero-order valence-corrected chi connectivity index (χ0v) is 22.1. The third-order valence-electron chi connectivity index (χ3n) is 8.30. The third-order valence-corrected chi connectivity index (χ3v) is 8.30. The molecule has 4 heteroatoms. The highest BCUT2D eigenvalue weighted by atomic mass is 15.1. The highest BCUT2D eigenvalue weighted by Gasteiger charge is 2.18. The second-order valence-electron chi connectivity index (χ2n) is 10.6. The van der Waals surface area contributed by atoms with Gasteiger partial charge in [-0.05, 0) is 66.7 Å². The number of fused-ring (bicyclic) bond motifs is 7. The molecule has 0 fully saturated rings. The molecule has 0 saturated carbocycles. The van der Waals surface area contributed by atoms with Gasteiger partial charge >= 0.3 is 0 Å². The Morgan fingerprint density at radius 2 is 0.902 bits per heavy atom. The Bertz CT molecular complexity index is 2410. The molecule has 3 heterocycles. The standard InChI is InChI=1S/C37H24N4/c1-3-11-25(12-4-1)39-24-38-32-21-27(19-20-35(32)39)41-34-18-10-8-16-29(34)31-22-36-30(23-37(31)41)28-15-7-9-17-33(28)40(36)26-13-5-2-6-14-26/h1-24H. The minimum Gasteiger partial charge on any atom is -0.309 e. The Morgan fingerprint density at radius 1 is 0.366 bits per heavy atom. The lowest BCUT2D eigenvalue weighted by molar-refractivity contribution is 1.09. The van der Waals surface area contributed by atoms with Gasteiger partial charge in [-0.2, -0.15) is 0 Å². The fourth-order valence-electron chi connectivity index (χ4n) is 6.50. The first-order valence-electron chi connectivity index (χ1n) is 13.9. The van der Waals surface area contributed by atoms with Gasteiger partial charge in [0.1, 0.15) is 6.33 Å². The van der Waals surface area contributed by atoms with Gasteiger partial charge in [0, 0.05) is 38.6 Å². The summed E-state index contributed by atoms with van der Waals surface area (Å²) in [4.78, 5) is 4.80. The summed E-state index contributed by atoms with van der Waals surface area (Å²) >= 11 is 0. The Morgan fingerprint density at radius 3 is 1.54 bits per heavy atom. The topological polar surface area (TPSA) is 27.7 Å². The van der Waals surface area contributed by atoms with E-state index in [1.54, 1.807) is 0 Å². The summed E-state index contributed by atoms with van der Waals surface area (Å²) in [7, 11) is 0. The molecule has 0 unspecified atom stereocenters. The van der Waals surface area contributed by atoms with Crippen molar-refractivity contribution in [2.45, 2.75) is 0 Å².